The van der Waals surface area contributed by atoms with Gasteiger partial charge in [0, 0.05) is 4.75 Å². The van der Waals surface area contributed by atoms with Crippen LogP contribution in [0, 0.1) is 0 Å². The van der Waals surface area contributed by atoms with E-state index in [1.807, 2.05) is 25.1 Å². The largest absolute Gasteiger partial charge is 1.00 e. The zero-order valence-electron chi connectivity index (χ0n) is 15.8. The van der Waals surface area contributed by atoms with Gasteiger partial charge in [-0.15, -0.1) is 11.8 Å². The van der Waals surface area contributed by atoms with Gasteiger partial charge in [0.05, 0.1) is 12.0 Å². The van der Waals surface area contributed by atoms with Crippen LogP contribution < -0.4 is 44.7 Å². The number of fused-ring (bicyclic) bond motifs is 1. The van der Waals surface area contributed by atoms with Gasteiger partial charge in [0.2, 0.25) is 5.91 Å². The van der Waals surface area contributed by atoms with E-state index < -0.39 is 40.2 Å². The van der Waals surface area contributed by atoms with Crippen molar-refractivity contribution in [2.45, 2.75) is 55.5 Å². The molecule has 2 aliphatic heterocycles. The van der Waals surface area contributed by atoms with Crippen molar-refractivity contribution in [3.8, 4) is 5.75 Å². The quantitative estimate of drug-likeness (QED) is 0.408. The van der Waals surface area contributed by atoms with Crippen molar-refractivity contribution in [3.05, 3.63) is 30.3 Å². The molecule has 4 atom stereocenters. The Labute approximate surface area is 184 Å². The first kappa shape index (κ1) is 22.1. The summed E-state index contributed by atoms with van der Waals surface area (Å²) in [6.07, 6.45) is -0.285. The molecule has 2 aliphatic rings. The molecule has 140 valence electrons. The summed E-state index contributed by atoms with van der Waals surface area (Å²) in [5.74, 6) is -1.48. The Bertz CT molecular complexity index is 730. The molecule has 27 heavy (non-hydrogen) atoms. The van der Waals surface area contributed by atoms with Crippen molar-refractivity contribution < 1.29 is 53.8 Å². The predicted molar refractivity (Wildman–Crippen MR) is 94.2 cm³/mol. The normalized spacial score (nSPS) is 26.3. The van der Waals surface area contributed by atoms with Crippen LogP contribution in [0.1, 0.15) is 27.2 Å². The van der Waals surface area contributed by atoms with E-state index in [1.54, 1.807) is 26.0 Å². The standard InChI is InChI=1S/C18H22N2O5S.Na/c1-4-11(25-10-8-6-5-7-9-10)14(21)19-12-15(22)20-13(17(23)24)18(2,3)26-16(12)20;/h5-9,11-13,16H,4H2,1-3H3,(H,19,21)(H,23,24);/q;+1/p-1/t11?,12-,13+,16-;/m1./s1. The maximum Gasteiger partial charge on any atom is 1.00 e. The SMILES string of the molecule is CCC(Oc1ccccc1)C(=O)N[C@@H]1C(=O)N2[C@@H]1SC(C)(C)[C@@H]2C(=O)[O-].[Na+]. The van der Waals surface area contributed by atoms with Gasteiger partial charge in [-0.1, -0.05) is 25.1 Å². The van der Waals surface area contributed by atoms with E-state index in [0.717, 1.165) is 0 Å². The summed E-state index contributed by atoms with van der Waals surface area (Å²) in [7, 11) is 0. The number of rotatable bonds is 6. The average Bonchev–Trinajstić information content (AvgIpc) is 2.86. The van der Waals surface area contributed by atoms with Crippen LogP contribution in [-0.4, -0.2) is 51.0 Å². The Morgan fingerprint density at radius 3 is 2.52 bits per heavy atom. The van der Waals surface area contributed by atoms with Gasteiger partial charge >= 0.3 is 29.6 Å². The molecule has 2 heterocycles. The van der Waals surface area contributed by atoms with Crippen LogP contribution >= 0.6 is 11.8 Å². The number of hydrogen-bond acceptors (Lipinski definition) is 6. The van der Waals surface area contributed by atoms with Gasteiger partial charge in [-0.3, -0.25) is 9.59 Å². The second-order valence-electron chi connectivity index (χ2n) is 6.89. The van der Waals surface area contributed by atoms with Gasteiger partial charge in [-0.2, -0.15) is 0 Å². The fourth-order valence-corrected chi connectivity index (χ4v) is 4.98. The Morgan fingerprint density at radius 2 is 1.96 bits per heavy atom. The molecule has 1 aromatic rings. The molecule has 0 aliphatic carbocycles. The minimum absolute atomic E-state index is 0. The average molecular weight is 400 g/mol. The molecule has 3 rings (SSSR count). The van der Waals surface area contributed by atoms with Gasteiger partial charge in [0.15, 0.2) is 6.10 Å². The van der Waals surface area contributed by atoms with Gasteiger partial charge in [0.25, 0.3) is 5.91 Å². The number of ether oxygens (including phenoxy) is 1. The molecule has 0 bridgehead atoms. The minimum Gasteiger partial charge on any atom is -0.548 e. The molecule has 0 radical (unpaired) electrons. The molecule has 9 heteroatoms. The third kappa shape index (κ3) is 4.13. The molecule has 1 unspecified atom stereocenters. The molecule has 0 spiro atoms. The molecule has 1 N–H and O–H groups in total. The maximum atomic E-state index is 12.5. The molecule has 2 fully saturated rings. The Kier molecular flexibility index (Phi) is 6.89. The molecule has 0 aromatic heterocycles. The number of carboxylic acids is 1. The smallest absolute Gasteiger partial charge is 0.548 e. The summed E-state index contributed by atoms with van der Waals surface area (Å²) < 4.78 is 5.02. The summed E-state index contributed by atoms with van der Waals surface area (Å²) >= 11 is 1.36. The van der Waals surface area contributed by atoms with E-state index in [2.05, 4.69) is 5.32 Å². The van der Waals surface area contributed by atoms with Crippen molar-refractivity contribution in [2.24, 2.45) is 0 Å². The van der Waals surface area contributed by atoms with Crippen LogP contribution in [0.15, 0.2) is 30.3 Å². The molecule has 1 aromatic carbocycles. The number of carboxylic acid groups (broad SMARTS) is 1. The third-order valence-corrected chi connectivity index (χ3v) is 6.22. The zero-order chi connectivity index (χ0) is 19.1. The second kappa shape index (κ2) is 8.43. The predicted octanol–water partition coefficient (Wildman–Crippen LogP) is -2.85. The van der Waals surface area contributed by atoms with E-state index in [0.29, 0.717) is 12.2 Å². The first-order valence-corrected chi connectivity index (χ1v) is 9.37. The summed E-state index contributed by atoms with van der Waals surface area (Å²) in [5, 5.41) is 13.7. The molecule has 2 saturated heterocycles. The number of aliphatic carboxylic acids is 1. The van der Waals surface area contributed by atoms with Crippen molar-refractivity contribution in [2.75, 3.05) is 0 Å². The number of β-lactam (4-membered cyclic amide) rings is 1. The van der Waals surface area contributed by atoms with Crippen molar-refractivity contribution in [3.63, 3.8) is 0 Å². The Morgan fingerprint density at radius 1 is 1.33 bits per heavy atom. The number of hydrogen-bond donors (Lipinski definition) is 1. The fourth-order valence-electron chi connectivity index (χ4n) is 3.36. The Balaban J connectivity index is 0.00000261. The second-order valence-corrected chi connectivity index (χ2v) is 8.66. The molecular formula is C18H21N2NaO5S. The fraction of sp³-hybridized carbons (Fsp3) is 0.500. The van der Waals surface area contributed by atoms with Crippen LogP contribution in [0.3, 0.4) is 0 Å². The number of para-hydroxylation sites is 1. The first-order chi connectivity index (χ1) is 12.3. The van der Waals surface area contributed by atoms with Gasteiger partial charge in [0.1, 0.15) is 17.2 Å². The van der Waals surface area contributed by atoms with Gasteiger partial charge < -0.3 is 24.9 Å². The number of amides is 2. The summed E-state index contributed by atoms with van der Waals surface area (Å²) in [5.41, 5.74) is 0. The number of thioether (sulfide) groups is 1. The van der Waals surface area contributed by atoms with E-state index in [-0.39, 0.29) is 35.5 Å². The molecule has 7 nitrogen and oxygen atoms in total. The number of carbonyl (C=O) groups excluding carboxylic acids is 3. The van der Waals surface area contributed by atoms with Crippen molar-refractivity contribution in [1.29, 1.82) is 0 Å². The Hall–Kier alpha value is -1.22. The van der Waals surface area contributed by atoms with E-state index in [9.17, 15) is 19.5 Å². The summed E-state index contributed by atoms with van der Waals surface area (Å²) in [6.45, 7) is 5.34. The van der Waals surface area contributed by atoms with Crippen LogP contribution in [0.25, 0.3) is 0 Å². The minimum atomic E-state index is -1.28. The van der Waals surface area contributed by atoms with Crippen LogP contribution in [0.5, 0.6) is 5.75 Å². The topological polar surface area (TPSA) is 98.8 Å². The van der Waals surface area contributed by atoms with E-state index in [1.165, 1.54) is 16.7 Å². The van der Waals surface area contributed by atoms with Crippen molar-refractivity contribution >= 4 is 29.5 Å². The first-order valence-electron chi connectivity index (χ1n) is 8.49. The van der Waals surface area contributed by atoms with Crippen LogP contribution in [-0.2, 0) is 14.4 Å². The maximum absolute atomic E-state index is 12.5. The monoisotopic (exact) mass is 400 g/mol. The van der Waals surface area contributed by atoms with E-state index >= 15 is 0 Å². The number of nitrogens with zero attached hydrogens (tertiary/aromatic N) is 1. The number of carbonyl (C=O) groups is 3. The third-order valence-electron chi connectivity index (χ3n) is 4.65. The number of nitrogens with one attached hydrogen (secondary N) is 1. The van der Waals surface area contributed by atoms with Gasteiger partial charge in [-0.05, 0) is 32.4 Å². The summed E-state index contributed by atoms with van der Waals surface area (Å²) in [4.78, 5) is 37.7. The molecule has 2 amide bonds. The van der Waals surface area contributed by atoms with Crippen LogP contribution in [0.4, 0.5) is 0 Å². The molecular weight excluding hydrogens is 379 g/mol. The van der Waals surface area contributed by atoms with Crippen LogP contribution in [0.2, 0.25) is 0 Å². The van der Waals surface area contributed by atoms with E-state index in [4.69, 9.17) is 4.74 Å². The molecule has 0 saturated carbocycles. The zero-order valence-corrected chi connectivity index (χ0v) is 18.6. The summed E-state index contributed by atoms with van der Waals surface area (Å²) in [6, 6.07) is 7.24. The van der Waals surface area contributed by atoms with Crippen molar-refractivity contribution in [1.82, 2.24) is 10.2 Å². The number of benzene rings is 1. The van der Waals surface area contributed by atoms with Gasteiger partial charge in [-0.25, -0.2) is 0 Å².